The first-order valence-corrected chi connectivity index (χ1v) is 6.12. The molecule has 106 valence electrons. The van der Waals surface area contributed by atoms with Crippen LogP contribution in [-0.4, -0.2) is 24.1 Å². The van der Waals surface area contributed by atoms with Crippen LogP contribution in [0.15, 0.2) is 30.6 Å². The molecule has 0 aliphatic heterocycles. The number of ether oxygens (including phenoxy) is 1. The molecule has 1 unspecified atom stereocenters. The van der Waals surface area contributed by atoms with Gasteiger partial charge in [0.1, 0.15) is 5.69 Å². The topological polar surface area (TPSA) is 47.0 Å². The molecule has 20 heavy (non-hydrogen) atoms. The monoisotopic (exact) mass is 279 g/mol. The Morgan fingerprint density at radius 2 is 2.00 bits per heavy atom. The van der Waals surface area contributed by atoms with Crippen LogP contribution in [-0.2, 0) is 6.42 Å². The van der Waals surface area contributed by atoms with Gasteiger partial charge < -0.3 is 10.1 Å². The molecule has 0 spiro atoms. The van der Waals surface area contributed by atoms with Gasteiger partial charge in [-0.25, -0.2) is 13.8 Å². The summed E-state index contributed by atoms with van der Waals surface area (Å²) in [6, 6.07) is 3.80. The molecule has 0 amide bonds. The third kappa shape index (κ3) is 2.91. The number of aromatic nitrogens is 2. The molecule has 0 bridgehead atoms. The van der Waals surface area contributed by atoms with E-state index in [4.69, 9.17) is 4.74 Å². The Morgan fingerprint density at radius 3 is 2.70 bits per heavy atom. The number of benzene rings is 1. The van der Waals surface area contributed by atoms with E-state index in [0.717, 1.165) is 6.07 Å². The number of hydrogen-bond acceptors (Lipinski definition) is 4. The summed E-state index contributed by atoms with van der Waals surface area (Å²) in [7, 11) is 3.21. The third-order valence-electron chi connectivity index (χ3n) is 3.02. The fourth-order valence-corrected chi connectivity index (χ4v) is 1.99. The predicted molar refractivity (Wildman–Crippen MR) is 70.4 cm³/mol. The SMILES string of the molecule is CNC(Cc1cccc(F)c1F)c1nccnc1OC. The first-order valence-electron chi connectivity index (χ1n) is 6.12. The Hall–Kier alpha value is -2.08. The lowest BCUT2D eigenvalue weighted by atomic mass is 10.0. The van der Waals surface area contributed by atoms with Crippen molar-refractivity contribution in [3.63, 3.8) is 0 Å². The smallest absolute Gasteiger partial charge is 0.237 e. The van der Waals surface area contributed by atoms with E-state index in [1.54, 1.807) is 13.1 Å². The molecule has 0 radical (unpaired) electrons. The molecule has 1 N–H and O–H groups in total. The molecule has 2 aromatic rings. The minimum atomic E-state index is -0.858. The highest BCUT2D eigenvalue weighted by atomic mass is 19.2. The van der Waals surface area contributed by atoms with E-state index in [1.807, 2.05) is 0 Å². The molecular formula is C14H15F2N3O. The number of nitrogens with zero attached hydrogens (tertiary/aromatic N) is 2. The van der Waals surface area contributed by atoms with E-state index in [0.29, 0.717) is 11.6 Å². The first-order chi connectivity index (χ1) is 9.67. The van der Waals surface area contributed by atoms with Crippen LogP contribution in [0.4, 0.5) is 8.78 Å². The highest BCUT2D eigenvalue weighted by Crippen LogP contribution is 2.24. The van der Waals surface area contributed by atoms with Crippen LogP contribution in [0.3, 0.4) is 0 Å². The Kier molecular flexibility index (Phi) is 4.57. The molecule has 1 aromatic heterocycles. The van der Waals surface area contributed by atoms with Crippen molar-refractivity contribution in [1.29, 1.82) is 0 Å². The maximum atomic E-state index is 13.7. The fourth-order valence-electron chi connectivity index (χ4n) is 1.99. The van der Waals surface area contributed by atoms with Crippen LogP contribution in [0, 0.1) is 11.6 Å². The molecule has 0 saturated carbocycles. The van der Waals surface area contributed by atoms with Gasteiger partial charge in [0.2, 0.25) is 5.88 Å². The van der Waals surface area contributed by atoms with Crippen molar-refractivity contribution in [3.05, 3.63) is 53.5 Å². The minimum absolute atomic E-state index is 0.245. The van der Waals surface area contributed by atoms with E-state index in [9.17, 15) is 8.78 Å². The van der Waals surface area contributed by atoms with Crippen LogP contribution >= 0.6 is 0 Å². The lowest BCUT2D eigenvalue weighted by molar-refractivity contribution is 0.378. The molecule has 4 nitrogen and oxygen atoms in total. The molecule has 1 atom stereocenters. The van der Waals surface area contributed by atoms with Crippen LogP contribution in [0.1, 0.15) is 17.3 Å². The molecule has 0 aliphatic rings. The number of hydrogen-bond donors (Lipinski definition) is 1. The van der Waals surface area contributed by atoms with Crippen LogP contribution < -0.4 is 10.1 Å². The van der Waals surface area contributed by atoms with Gasteiger partial charge in [0.05, 0.1) is 13.2 Å². The van der Waals surface area contributed by atoms with Crippen molar-refractivity contribution in [2.24, 2.45) is 0 Å². The Bertz CT molecular complexity index is 592. The van der Waals surface area contributed by atoms with E-state index in [1.165, 1.54) is 25.6 Å². The predicted octanol–water partition coefficient (Wildman–Crippen LogP) is 2.27. The zero-order valence-corrected chi connectivity index (χ0v) is 11.2. The summed E-state index contributed by atoms with van der Waals surface area (Å²) in [6.45, 7) is 0. The molecule has 0 fully saturated rings. The molecule has 6 heteroatoms. The van der Waals surface area contributed by atoms with E-state index in [2.05, 4.69) is 15.3 Å². The normalized spacial score (nSPS) is 12.2. The maximum absolute atomic E-state index is 13.7. The Morgan fingerprint density at radius 1 is 1.25 bits per heavy atom. The zero-order valence-electron chi connectivity index (χ0n) is 11.2. The minimum Gasteiger partial charge on any atom is -0.480 e. The van der Waals surface area contributed by atoms with Crippen molar-refractivity contribution in [3.8, 4) is 5.88 Å². The second-order valence-corrected chi connectivity index (χ2v) is 4.21. The van der Waals surface area contributed by atoms with Crippen LogP contribution in [0.2, 0.25) is 0 Å². The molecule has 0 aliphatic carbocycles. The standard InChI is InChI=1S/C14H15F2N3O/c1-17-11(13-14(20-2)19-7-6-18-13)8-9-4-3-5-10(15)12(9)16/h3-7,11,17H,8H2,1-2H3. The number of rotatable bonds is 5. The largest absolute Gasteiger partial charge is 0.480 e. The maximum Gasteiger partial charge on any atom is 0.237 e. The Balaban J connectivity index is 2.31. The van der Waals surface area contributed by atoms with Gasteiger partial charge in [-0.15, -0.1) is 0 Å². The van der Waals surface area contributed by atoms with Gasteiger partial charge in [0, 0.05) is 12.4 Å². The molecular weight excluding hydrogens is 264 g/mol. The molecule has 0 saturated heterocycles. The van der Waals surface area contributed by atoms with Gasteiger partial charge in [-0.2, -0.15) is 0 Å². The lowest BCUT2D eigenvalue weighted by Gasteiger charge is -2.17. The van der Waals surface area contributed by atoms with Gasteiger partial charge in [0.25, 0.3) is 0 Å². The second kappa shape index (κ2) is 6.38. The molecule has 1 heterocycles. The third-order valence-corrected chi connectivity index (χ3v) is 3.02. The summed E-state index contributed by atoms with van der Waals surface area (Å²) in [5, 5.41) is 3.02. The highest BCUT2D eigenvalue weighted by molar-refractivity contribution is 5.26. The van der Waals surface area contributed by atoms with Crippen molar-refractivity contribution in [1.82, 2.24) is 15.3 Å². The van der Waals surface area contributed by atoms with Crippen LogP contribution in [0.5, 0.6) is 5.88 Å². The summed E-state index contributed by atoms with van der Waals surface area (Å²) in [6.07, 6.45) is 3.29. The lowest BCUT2D eigenvalue weighted by Crippen LogP contribution is -2.21. The van der Waals surface area contributed by atoms with Crippen LogP contribution in [0.25, 0.3) is 0 Å². The summed E-state index contributed by atoms with van der Waals surface area (Å²) in [4.78, 5) is 8.26. The number of halogens is 2. The van der Waals surface area contributed by atoms with E-state index in [-0.39, 0.29) is 18.0 Å². The number of methoxy groups -OCH3 is 1. The van der Waals surface area contributed by atoms with Crippen molar-refractivity contribution < 1.29 is 13.5 Å². The number of nitrogens with one attached hydrogen (secondary N) is 1. The fraction of sp³-hybridized carbons (Fsp3) is 0.286. The zero-order chi connectivity index (χ0) is 14.5. The van der Waals surface area contributed by atoms with Gasteiger partial charge >= 0.3 is 0 Å². The van der Waals surface area contributed by atoms with Gasteiger partial charge in [0.15, 0.2) is 11.6 Å². The van der Waals surface area contributed by atoms with Crippen molar-refractivity contribution in [2.45, 2.75) is 12.5 Å². The first kappa shape index (κ1) is 14.3. The summed E-state index contributed by atoms with van der Waals surface area (Å²) in [5.74, 6) is -1.33. The second-order valence-electron chi connectivity index (χ2n) is 4.21. The quantitative estimate of drug-likeness (QED) is 0.912. The van der Waals surface area contributed by atoms with E-state index >= 15 is 0 Å². The van der Waals surface area contributed by atoms with Gasteiger partial charge in [-0.1, -0.05) is 12.1 Å². The highest BCUT2D eigenvalue weighted by Gasteiger charge is 2.20. The van der Waals surface area contributed by atoms with Crippen molar-refractivity contribution in [2.75, 3.05) is 14.2 Å². The molecule has 2 rings (SSSR count). The van der Waals surface area contributed by atoms with Gasteiger partial charge in [-0.3, -0.25) is 4.98 Å². The summed E-state index contributed by atoms with van der Waals surface area (Å²) in [5.41, 5.74) is 0.832. The Labute approximate surface area is 115 Å². The number of likely N-dealkylation sites (N-methyl/N-ethyl adjacent to an activating group) is 1. The average molecular weight is 279 g/mol. The van der Waals surface area contributed by atoms with Gasteiger partial charge in [-0.05, 0) is 25.1 Å². The van der Waals surface area contributed by atoms with E-state index < -0.39 is 11.6 Å². The van der Waals surface area contributed by atoms with Crippen molar-refractivity contribution >= 4 is 0 Å². The summed E-state index contributed by atoms with van der Waals surface area (Å²) >= 11 is 0. The average Bonchev–Trinajstić information content (AvgIpc) is 2.49. The molecule has 1 aromatic carbocycles. The summed E-state index contributed by atoms with van der Waals surface area (Å²) < 4.78 is 32.1.